The van der Waals surface area contributed by atoms with Crippen LogP contribution in [0.5, 0.6) is 0 Å². The molecule has 0 spiro atoms. The molecule has 7 nitrogen and oxygen atoms in total. The Morgan fingerprint density at radius 2 is 2.04 bits per heavy atom. The molecule has 0 saturated carbocycles. The summed E-state index contributed by atoms with van der Waals surface area (Å²) in [7, 11) is 0. The van der Waals surface area contributed by atoms with E-state index in [0.717, 1.165) is 11.4 Å². The number of nitrogens with one attached hydrogen (secondary N) is 1. The van der Waals surface area contributed by atoms with Crippen LogP contribution in [0.15, 0.2) is 24.3 Å². The second kappa shape index (κ2) is 5.31. The molecule has 0 aliphatic heterocycles. The summed E-state index contributed by atoms with van der Waals surface area (Å²) in [6.45, 7) is 3.71. The maximum absolute atomic E-state index is 13.2. The van der Waals surface area contributed by atoms with Gasteiger partial charge in [0.2, 0.25) is 5.82 Å². The number of amides is 1. The van der Waals surface area contributed by atoms with E-state index in [9.17, 15) is 9.18 Å². The number of thiazole rings is 1. The summed E-state index contributed by atoms with van der Waals surface area (Å²) in [5, 5.41) is 7.17. The Labute approximate surface area is 139 Å². The van der Waals surface area contributed by atoms with Crippen molar-refractivity contribution in [3.8, 4) is 0 Å². The van der Waals surface area contributed by atoms with Gasteiger partial charge in [0.25, 0.3) is 11.7 Å². The second-order valence-electron chi connectivity index (χ2n) is 5.27. The van der Waals surface area contributed by atoms with Crippen LogP contribution in [0.3, 0.4) is 0 Å². The summed E-state index contributed by atoms with van der Waals surface area (Å²) in [4.78, 5) is 25.0. The number of carbonyl (C=O) groups excluding carboxylic acids is 1. The molecule has 3 heterocycles. The number of carbonyl (C=O) groups is 1. The normalized spacial score (nSPS) is 11.3. The van der Waals surface area contributed by atoms with Crippen LogP contribution in [0.25, 0.3) is 16.0 Å². The first-order chi connectivity index (χ1) is 11.5. The number of aryl methyl sites for hydroxylation is 2. The molecule has 0 bridgehead atoms. The molecule has 1 aromatic carbocycles. The minimum atomic E-state index is -0.489. The number of hydrogen-bond donors (Lipinski definition) is 1. The molecule has 0 atom stereocenters. The van der Waals surface area contributed by atoms with E-state index in [-0.39, 0.29) is 11.6 Å². The SMILES string of the molecule is Cc1cc(C)n2nc(C(=O)Nc3nc4ccc(F)cc4s3)nc2n1. The number of aromatic nitrogens is 5. The molecule has 4 aromatic rings. The van der Waals surface area contributed by atoms with Crippen molar-refractivity contribution in [2.75, 3.05) is 5.32 Å². The van der Waals surface area contributed by atoms with Crippen molar-refractivity contribution in [1.29, 1.82) is 0 Å². The van der Waals surface area contributed by atoms with Gasteiger partial charge in [0, 0.05) is 11.4 Å². The number of nitrogens with zero attached hydrogens (tertiary/aromatic N) is 5. The van der Waals surface area contributed by atoms with Crippen LogP contribution < -0.4 is 5.32 Å². The summed E-state index contributed by atoms with van der Waals surface area (Å²) in [5.74, 6) is -0.467. The molecule has 0 radical (unpaired) electrons. The monoisotopic (exact) mass is 342 g/mol. The summed E-state index contributed by atoms with van der Waals surface area (Å²) in [5.41, 5.74) is 2.25. The molecule has 0 aliphatic rings. The van der Waals surface area contributed by atoms with E-state index in [4.69, 9.17) is 0 Å². The first kappa shape index (κ1) is 14.6. The Bertz CT molecular complexity index is 1100. The zero-order valence-electron chi connectivity index (χ0n) is 12.7. The van der Waals surface area contributed by atoms with E-state index < -0.39 is 5.91 Å². The Balaban J connectivity index is 1.66. The van der Waals surface area contributed by atoms with Crippen LogP contribution in [0.2, 0.25) is 0 Å². The third-order valence-electron chi connectivity index (χ3n) is 3.39. The third kappa shape index (κ3) is 2.48. The largest absolute Gasteiger partial charge is 0.297 e. The van der Waals surface area contributed by atoms with Gasteiger partial charge in [-0.1, -0.05) is 11.3 Å². The van der Waals surface area contributed by atoms with Gasteiger partial charge in [0.15, 0.2) is 5.13 Å². The number of hydrogen-bond acceptors (Lipinski definition) is 6. The lowest BCUT2D eigenvalue weighted by atomic mass is 10.3. The van der Waals surface area contributed by atoms with Crippen LogP contribution in [-0.2, 0) is 0 Å². The van der Waals surface area contributed by atoms with E-state index >= 15 is 0 Å². The van der Waals surface area contributed by atoms with Crippen LogP contribution in [0.4, 0.5) is 9.52 Å². The lowest BCUT2D eigenvalue weighted by Gasteiger charge is -1.97. The van der Waals surface area contributed by atoms with Gasteiger partial charge in [0.1, 0.15) is 5.82 Å². The number of halogens is 1. The standard InChI is InChI=1S/C15H11FN6OS/c1-7-5-8(2)22-14(17-7)19-12(21-22)13(23)20-15-18-10-4-3-9(16)6-11(10)24-15/h3-6H,1-2H3,(H,18,20,23). The highest BCUT2D eigenvalue weighted by Gasteiger charge is 2.17. The number of rotatable bonds is 2. The Kier molecular flexibility index (Phi) is 3.24. The van der Waals surface area contributed by atoms with Crippen molar-refractivity contribution in [1.82, 2.24) is 24.6 Å². The average molecular weight is 342 g/mol. The molecule has 1 N–H and O–H groups in total. The van der Waals surface area contributed by atoms with Crippen molar-refractivity contribution in [2.45, 2.75) is 13.8 Å². The average Bonchev–Trinajstić information content (AvgIpc) is 3.10. The highest BCUT2D eigenvalue weighted by Crippen LogP contribution is 2.26. The fourth-order valence-electron chi connectivity index (χ4n) is 2.37. The van der Waals surface area contributed by atoms with Gasteiger partial charge in [-0.3, -0.25) is 10.1 Å². The van der Waals surface area contributed by atoms with E-state index in [0.29, 0.717) is 21.1 Å². The van der Waals surface area contributed by atoms with Crippen molar-refractivity contribution >= 4 is 38.4 Å². The molecule has 4 rings (SSSR count). The smallest absolute Gasteiger partial charge is 0.295 e. The second-order valence-corrected chi connectivity index (χ2v) is 6.30. The Hall–Kier alpha value is -2.94. The van der Waals surface area contributed by atoms with Gasteiger partial charge >= 0.3 is 0 Å². The number of anilines is 1. The van der Waals surface area contributed by atoms with E-state index in [1.54, 1.807) is 6.07 Å². The zero-order chi connectivity index (χ0) is 16.8. The topological polar surface area (TPSA) is 85.1 Å². The van der Waals surface area contributed by atoms with Crippen molar-refractivity contribution in [3.63, 3.8) is 0 Å². The maximum Gasteiger partial charge on any atom is 0.297 e. The minimum Gasteiger partial charge on any atom is -0.295 e. The van der Waals surface area contributed by atoms with Gasteiger partial charge in [-0.05, 0) is 38.1 Å². The van der Waals surface area contributed by atoms with Gasteiger partial charge in [0.05, 0.1) is 10.2 Å². The molecular weight excluding hydrogens is 331 g/mol. The highest BCUT2D eigenvalue weighted by atomic mass is 32.1. The molecule has 9 heteroatoms. The summed E-state index contributed by atoms with van der Waals surface area (Å²) in [6.07, 6.45) is 0. The first-order valence-corrected chi connectivity index (χ1v) is 7.90. The van der Waals surface area contributed by atoms with Gasteiger partial charge in [-0.15, -0.1) is 5.10 Å². The molecule has 1 amide bonds. The lowest BCUT2D eigenvalue weighted by molar-refractivity contribution is 0.101. The first-order valence-electron chi connectivity index (χ1n) is 7.08. The fourth-order valence-corrected chi connectivity index (χ4v) is 3.25. The molecule has 0 aliphatic carbocycles. The number of fused-ring (bicyclic) bond motifs is 2. The molecule has 0 unspecified atom stereocenters. The van der Waals surface area contributed by atoms with Crippen LogP contribution in [0, 0.1) is 19.7 Å². The van der Waals surface area contributed by atoms with Crippen molar-refractivity contribution in [3.05, 3.63) is 47.3 Å². The molecule has 0 fully saturated rings. The molecule has 24 heavy (non-hydrogen) atoms. The summed E-state index contributed by atoms with van der Waals surface area (Å²) < 4.78 is 15.4. The van der Waals surface area contributed by atoms with Gasteiger partial charge in [-0.25, -0.2) is 18.9 Å². The van der Waals surface area contributed by atoms with Crippen LogP contribution >= 0.6 is 11.3 Å². The summed E-state index contributed by atoms with van der Waals surface area (Å²) in [6, 6.07) is 6.12. The Morgan fingerprint density at radius 3 is 2.88 bits per heavy atom. The predicted octanol–water partition coefficient (Wildman–Crippen LogP) is 2.74. The number of benzene rings is 1. The van der Waals surface area contributed by atoms with Gasteiger partial charge < -0.3 is 0 Å². The van der Waals surface area contributed by atoms with Crippen LogP contribution in [0.1, 0.15) is 22.0 Å². The van der Waals surface area contributed by atoms with Crippen molar-refractivity contribution < 1.29 is 9.18 Å². The van der Waals surface area contributed by atoms with Crippen molar-refractivity contribution in [2.24, 2.45) is 0 Å². The highest BCUT2D eigenvalue weighted by molar-refractivity contribution is 7.22. The Morgan fingerprint density at radius 1 is 1.21 bits per heavy atom. The lowest BCUT2D eigenvalue weighted by Crippen LogP contribution is -2.13. The quantitative estimate of drug-likeness (QED) is 0.605. The fraction of sp³-hybridized carbons (Fsp3) is 0.133. The maximum atomic E-state index is 13.2. The zero-order valence-corrected chi connectivity index (χ0v) is 13.6. The molecule has 0 saturated heterocycles. The van der Waals surface area contributed by atoms with E-state index in [2.05, 4.69) is 25.4 Å². The molecular formula is C15H11FN6OS. The minimum absolute atomic E-state index is 0.00152. The molecule has 3 aromatic heterocycles. The van der Waals surface area contributed by atoms with E-state index in [1.165, 1.54) is 28.0 Å². The third-order valence-corrected chi connectivity index (χ3v) is 4.33. The van der Waals surface area contributed by atoms with E-state index in [1.807, 2.05) is 19.9 Å². The van der Waals surface area contributed by atoms with Gasteiger partial charge in [-0.2, -0.15) is 4.98 Å². The predicted molar refractivity (Wildman–Crippen MR) is 87.8 cm³/mol. The molecule has 120 valence electrons. The summed E-state index contributed by atoms with van der Waals surface area (Å²) >= 11 is 1.19. The van der Waals surface area contributed by atoms with Crippen LogP contribution in [-0.4, -0.2) is 30.5 Å².